The molecular weight excluding hydrogens is 214 g/mol. The molecule has 1 aliphatic heterocycles. The Kier molecular flexibility index (Phi) is 2.69. The zero-order valence-corrected chi connectivity index (χ0v) is 10.9. The summed E-state index contributed by atoms with van der Waals surface area (Å²) in [5.41, 5.74) is -0.110. The molecule has 3 aliphatic rings. The molecule has 2 aliphatic carbocycles. The molecule has 0 N–H and O–H groups in total. The molecule has 0 spiro atoms. The first-order chi connectivity index (χ1) is 8.11. The molecular formula is C14H23NO2. The van der Waals surface area contributed by atoms with Gasteiger partial charge in [0.25, 0.3) is 0 Å². The Hall–Kier alpha value is -0.570. The van der Waals surface area contributed by atoms with Crippen molar-refractivity contribution in [2.45, 2.75) is 45.1 Å². The second kappa shape index (κ2) is 3.98. The maximum Gasteiger partial charge on any atom is 0.226 e. The summed E-state index contributed by atoms with van der Waals surface area (Å²) < 4.78 is 5.49. The Morgan fingerprint density at radius 1 is 1.24 bits per heavy atom. The second-order valence-corrected chi connectivity index (χ2v) is 6.49. The van der Waals surface area contributed by atoms with Gasteiger partial charge in [-0.1, -0.05) is 12.8 Å². The Morgan fingerprint density at radius 3 is 2.47 bits per heavy atom. The average Bonchev–Trinajstić information content (AvgIpc) is 3.01. The minimum absolute atomic E-state index is 0.110. The zero-order chi connectivity index (χ0) is 12.0. The van der Waals surface area contributed by atoms with Gasteiger partial charge < -0.3 is 9.64 Å². The number of hydrogen-bond acceptors (Lipinski definition) is 2. The molecule has 3 rings (SSSR count). The van der Waals surface area contributed by atoms with Gasteiger partial charge in [-0.3, -0.25) is 4.79 Å². The largest absolute Gasteiger partial charge is 0.377 e. The van der Waals surface area contributed by atoms with Crippen LogP contribution in [-0.2, 0) is 9.53 Å². The van der Waals surface area contributed by atoms with Crippen LogP contribution in [0.2, 0.25) is 0 Å². The van der Waals surface area contributed by atoms with E-state index in [0.29, 0.717) is 25.0 Å². The highest BCUT2D eigenvalue weighted by atomic mass is 16.5. The van der Waals surface area contributed by atoms with Crippen molar-refractivity contribution in [2.75, 3.05) is 19.8 Å². The first-order valence-electron chi connectivity index (χ1n) is 7.00. The van der Waals surface area contributed by atoms with Gasteiger partial charge in [-0.25, -0.2) is 0 Å². The Bertz CT molecular complexity index is 314. The Morgan fingerprint density at radius 2 is 1.88 bits per heavy atom. The number of hydrogen-bond donors (Lipinski definition) is 0. The predicted octanol–water partition coefficient (Wildman–Crippen LogP) is 2.06. The third-order valence-corrected chi connectivity index (χ3v) is 4.85. The standard InChI is InChI=1S/C14H23NO2/c1-14(2)9-17-8-7-15(14)13(16)12-10-5-3-4-6-11(10)12/h10-12H,3-9H2,1-2H3/t10-,11+,12?. The topological polar surface area (TPSA) is 29.5 Å². The van der Waals surface area contributed by atoms with E-state index in [4.69, 9.17) is 4.74 Å². The van der Waals surface area contributed by atoms with E-state index in [-0.39, 0.29) is 5.54 Å². The van der Waals surface area contributed by atoms with Crippen LogP contribution >= 0.6 is 0 Å². The summed E-state index contributed by atoms with van der Waals surface area (Å²) in [5.74, 6) is 2.20. The SMILES string of the molecule is CC1(C)COCCN1C(=O)C1[C@H]2CCCC[C@@H]12. The predicted molar refractivity (Wildman–Crippen MR) is 65.5 cm³/mol. The van der Waals surface area contributed by atoms with E-state index in [9.17, 15) is 4.79 Å². The van der Waals surface area contributed by atoms with Crippen LogP contribution in [0.25, 0.3) is 0 Å². The zero-order valence-electron chi connectivity index (χ0n) is 10.9. The molecule has 1 saturated heterocycles. The van der Waals surface area contributed by atoms with Crippen LogP contribution in [0.4, 0.5) is 0 Å². The summed E-state index contributed by atoms with van der Waals surface area (Å²) in [7, 11) is 0. The van der Waals surface area contributed by atoms with Gasteiger partial charge in [-0.15, -0.1) is 0 Å². The third kappa shape index (κ3) is 1.88. The number of carbonyl (C=O) groups is 1. The van der Waals surface area contributed by atoms with E-state index in [1.54, 1.807) is 0 Å². The van der Waals surface area contributed by atoms with Gasteiger partial charge in [0, 0.05) is 12.5 Å². The Balaban J connectivity index is 1.70. The van der Waals surface area contributed by atoms with Gasteiger partial charge in [0.15, 0.2) is 0 Å². The van der Waals surface area contributed by atoms with Crippen molar-refractivity contribution < 1.29 is 9.53 Å². The summed E-state index contributed by atoms with van der Waals surface area (Å²) in [6.07, 6.45) is 5.23. The van der Waals surface area contributed by atoms with E-state index < -0.39 is 0 Å². The number of ether oxygens (including phenoxy) is 1. The van der Waals surface area contributed by atoms with Crippen molar-refractivity contribution in [2.24, 2.45) is 17.8 Å². The van der Waals surface area contributed by atoms with Crippen LogP contribution < -0.4 is 0 Å². The lowest BCUT2D eigenvalue weighted by molar-refractivity contribution is -0.148. The number of amides is 1. The summed E-state index contributed by atoms with van der Waals surface area (Å²) in [4.78, 5) is 14.7. The van der Waals surface area contributed by atoms with Crippen molar-refractivity contribution in [1.29, 1.82) is 0 Å². The van der Waals surface area contributed by atoms with Gasteiger partial charge in [0.05, 0.1) is 18.8 Å². The molecule has 3 heteroatoms. The third-order valence-electron chi connectivity index (χ3n) is 4.85. The van der Waals surface area contributed by atoms with Crippen molar-refractivity contribution in [3.63, 3.8) is 0 Å². The van der Waals surface area contributed by atoms with Crippen LogP contribution in [0.3, 0.4) is 0 Å². The molecule has 2 saturated carbocycles. The lowest BCUT2D eigenvalue weighted by atomic mass is 10.0. The minimum Gasteiger partial charge on any atom is -0.377 e. The lowest BCUT2D eigenvalue weighted by Crippen LogP contribution is -2.56. The molecule has 1 heterocycles. The fourth-order valence-corrected chi connectivity index (χ4v) is 3.81. The van der Waals surface area contributed by atoms with E-state index >= 15 is 0 Å². The summed E-state index contributed by atoms with van der Waals surface area (Å²) in [6, 6.07) is 0. The van der Waals surface area contributed by atoms with Crippen molar-refractivity contribution >= 4 is 5.91 Å². The number of rotatable bonds is 1. The number of fused-ring (bicyclic) bond motifs is 1. The molecule has 1 unspecified atom stereocenters. The van der Waals surface area contributed by atoms with Gasteiger partial charge in [-0.05, 0) is 38.5 Å². The van der Waals surface area contributed by atoms with Crippen molar-refractivity contribution in [3.05, 3.63) is 0 Å². The van der Waals surface area contributed by atoms with Crippen LogP contribution in [-0.4, -0.2) is 36.1 Å². The average molecular weight is 237 g/mol. The smallest absolute Gasteiger partial charge is 0.226 e. The summed E-state index contributed by atoms with van der Waals surface area (Å²) >= 11 is 0. The van der Waals surface area contributed by atoms with Gasteiger partial charge >= 0.3 is 0 Å². The minimum atomic E-state index is -0.110. The molecule has 0 aromatic heterocycles. The van der Waals surface area contributed by atoms with Crippen LogP contribution in [0.1, 0.15) is 39.5 Å². The maximum absolute atomic E-state index is 12.6. The van der Waals surface area contributed by atoms with E-state index in [0.717, 1.165) is 18.4 Å². The fourth-order valence-electron chi connectivity index (χ4n) is 3.81. The molecule has 0 aromatic carbocycles. The maximum atomic E-state index is 12.6. The normalized spacial score (nSPS) is 39.6. The van der Waals surface area contributed by atoms with Gasteiger partial charge in [-0.2, -0.15) is 0 Å². The summed E-state index contributed by atoms with van der Waals surface area (Å²) in [6.45, 7) is 6.41. The van der Waals surface area contributed by atoms with E-state index in [1.807, 2.05) is 0 Å². The second-order valence-electron chi connectivity index (χ2n) is 6.49. The molecule has 96 valence electrons. The highest BCUT2D eigenvalue weighted by molar-refractivity contribution is 5.83. The van der Waals surface area contributed by atoms with Crippen LogP contribution in [0.15, 0.2) is 0 Å². The number of morpholine rings is 1. The Labute approximate surface area is 104 Å². The van der Waals surface area contributed by atoms with Crippen molar-refractivity contribution in [3.8, 4) is 0 Å². The summed E-state index contributed by atoms with van der Waals surface area (Å²) in [5, 5.41) is 0. The molecule has 0 bridgehead atoms. The molecule has 1 amide bonds. The molecule has 3 fully saturated rings. The molecule has 3 atom stereocenters. The van der Waals surface area contributed by atoms with Crippen LogP contribution in [0, 0.1) is 17.8 Å². The molecule has 17 heavy (non-hydrogen) atoms. The van der Waals surface area contributed by atoms with Gasteiger partial charge in [0.2, 0.25) is 5.91 Å². The van der Waals surface area contributed by atoms with E-state index in [1.165, 1.54) is 25.7 Å². The fraction of sp³-hybridized carbons (Fsp3) is 0.929. The molecule has 0 radical (unpaired) electrons. The monoisotopic (exact) mass is 237 g/mol. The van der Waals surface area contributed by atoms with Gasteiger partial charge in [0.1, 0.15) is 0 Å². The first kappa shape index (κ1) is 11.5. The lowest BCUT2D eigenvalue weighted by Gasteiger charge is -2.42. The molecule has 3 nitrogen and oxygen atoms in total. The number of carbonyl (C=O) groups excluding carboxylic acids is 1. The number of nitrogens with zero attached hydrogens (tertiary/aromatic N) is 1. The van der Waals surface area contributed by atoms with E-state index in [2.05, 4.69) is 18.7 Å². The molecule has 0 aromatic rings. The highest BCUT2D eigenvalue weighted by Gasteiger charge is 2.57. The van der Waals surface area contributed by atoms with Crippen LogP contribution in [0.5, 0.6) is 0 Å². The highest BCUT2D eigenvalue weighted by Crippen LogP contribution is 2.56. The van der Waals surface area contributed by atoms with Crippen molar-refractivity contribution in [1.82, 2.24) is 4.90 Å². The first-order valence-corrected chi connectivity index (χ1v) is 7.00. The quantitative estimate of drug-likeness (QED) is 0.698.